The summed E-state index contributed by atoms with van der Waals surface area (Å²) in [7, 11) is -4.84. The highest BCUT2D eigenvalue weighted by atomic mass is 32.3. The van der Waals surface area contributed by atoms with E-state index in [-0.39, 0.29) is 12.2 Å². The van der Waals surface area contributed by atoms with Crippen molar-refractivity contribution in [2.75, 3.05) is 18.5 Å². The molecule has 2 aromatic rings. The number of benzene rings is 2. The molecule has 0 aliphatic heterocycles. The fourth-order valence-electron chi connectivity index (χ4n) is 1.75. The fourth-order valence-corrected chi connectivity index (χ4v) is 2.26. The lowest BCUT2D eigenvalue weighted by atomic mass is 10.2. The quantitative estimate of drug-likeness (QED) is 0.502. The molecule has 0 aliphatic carbocycles. The number of rotatable bonds is 6. The number of para-hydroxylation sites is 1. The summed E-state index contributed by atoms with van der Waals surface area (Å²) < 4.78 is 39.5. The van der Waals surface area contributed by atoms with Crippen LogP contribution < -0.4 is 5.32 Å². The molecule has 0 saturated carbocycles. The standard InChI is InChI=1S/C15H14FNO4S/c16-22(19,20)14-8-4-5-12(11-14)15(18)21-10-9-17-13-6-2-1-3-7-13/h1-8,11,17H,9-10H2. The second kappa shape index (κ2) is 7.04. The third-order valence-corrected chi connectivity index (χ3v) is 3.61. The van der Waals surface area contributed by atoms with Crippen LogP contribution in [0.3, 0.4) is 0 Å². The summed E-state index contributed by atoms with van der Waals surface area (Å²) in [6.07, 6.45) is 0. The average molecular weight is 323 g/mol. The molecule has 0 saturated heterocycles. The van der Waals surface area contributed by atoms with Crippen molar-refractivity contribution >= 4 is 21.9 Å². The predicted molar refractivity (Wildman–Crippen MR) is 80.0 cm³/mol. The Morgan fingerprint density at radius 3 is 2.50 bits per heavy atom. The van der Waals surface area contributed by atoms with Crippen molar-refractivity contribution in [3.63, 3.8) is 0 Å². The van der Waals surface area contributed by atoms with Crippen LogP contribution >= 0.6 is 0 Å². The summed E-state index contributed by atoms with van der Waals surface area (Å²) in [5.41, 5.74) is 0.877. The van der Waals surface area contributed by atoms with Crippen LogP contribution in [0.5, 0.6) is 0 Å². The third kappa shape index (κ3) is 4.56. The Balaban J connectivity index is 1.88. The van der Waals surface area contributed by atoms with E-state index in [4.69, 9.17) is 4.74 Å². The Bertz CT molecular complexity index is 747. The Kier molecular flexibility index (Phi) is 5.11. The number of hydrogen-bond donors (Lipinski definition) is 1. The van der Waals surface area contributed by atoms with Gasteiger partial charge in [0, 0.05) is 12.2 Å². The van der Waals surface area contributed by atoms with E-state index in [0.717, 1.165) is 17.8 Å². The number of halogens is 1. The summed E-state index contributed by atoms with van der Waals surface area (Å²) in [6, 6.07) is 14.0. The molecule has 0 atom stereocenters. The first-order valence-corrected chi connectivity index (χ1v) is 7.86. The van der Waals surface area contributed by atoms with E-state index in [2.05, 4.69) is 5.32 Å². The summed E-state index contributed by atoms with van der Waals surface area (Å²) in [6.45, 7) is 0.497. The predicted octanol–water partition coefficient (Wildman–Crippen LogP) is 2.61. The molecule has 2 aromatic carbocycles. The Hall–Kier alpha value is -2.41. The Morgan fingerprint density at radius 1 is 1.09 bits per heavy atom. The van der Waals surface area contributed by atoms with Crippen LogP contribution in [-0.4, -0.2) is 27.5 Å². The minimum Gasteiger partial charge on any atom is -0.460 e. The van der Waals surface area contributed by atoms with Gasteiger partial charge in [-0.1, -0.05) is 24.3 Å². The van der Waals surface area contributed by atoms with E-state index in [1.807, 2.05) is 30.3 Å². The van der Waals surface area contributed by atoms with E-state index in [1.165, 1.54) is 12.1 Å². The third-order valence-electron chi connectivity index (χ3n) is 2.79. The van der Waals surface area contributed by atoms with Crippen LogP contribution in [0.4, 0.5) is 9.57 Å². The van der Waals surface area contributed by atoms with Gasteiger partial charge in [-0.3, -0.25) is 0 Å². The maximum Gasteiger partial charge on any atom is 0.338 e. The first kappa shape index (κ1) is 16.0. The highest BCUT2D eigenvalue weighted by Crippen LogP contribution is 2.14. The molecule has 116 valence electrons. The van der Waals surface area contributed by atoms with Gasteiger partial charge >= 0.3 is 16.2 Å². The molecule has 22 heavy (non-hydrogen) atoms. The summed E-state index contributed by atoms with van der Waals surface area (Å²) in [4.78, 5) is 11.2. The molecule has 0 heterocycles. The van der Waals surface area contributed by atoms with E-state index >= 15 is 0 Å². The zero-order valence-electron chi connectivity index (χ0n) is 11.5. The van der Waals surface area contributed by atoms with Crippen molar-refractivity contribution in [2.24, 2.45) is 0 Å². The molecule has 0 aliphatic rings. The minimum atomic E-state index is -4.84. The maximum atomic E-state index is 12.9. The fraction of sp³-hybridized carbons (Fsp3) is 0.133. The van der Waals surface area contributed by atoms with Crippen molar-refractivity contribution in [2.45, 2.75) is 4.90 Å². The number of anilines is 1. The second-order valence-corrected chi connectivity index (χ2v) is 5.74. The molecular weight excluding hydrogens is 309 g/mol. The van der Waals surface area contributed by atoms with Gasteiger partial charge in [-0.25, -0.2) is 4.79 Å². The van der Waals surface area contributed by atoms with Crippen molar-refractivity contribution < 1.29 is 21.8 Å². The van der Waals surface area contributed by atoms with Gasteiger partial charge in [-0.2, -0.15) is 8.42 Å². The van der Waals surface area contributed by atoms with Gasteiger partial charge < -0.3 is 10.1 Å². The van der Waals surface area contributed by atoms with Gasteiger partial charge in [0.2, 0.25) is 0 Å². The lowest BCUT2D eigenvalue weighted by Gasteiger charge is -2.07. The first-order chi connectivity index (χ1) is 10.5. The lowest BCUT2D eigenvalue weighted by molar-refractivity contribution is 0.0520. The smallest absolute Gasteiger partial charge is 0.338 e. The molecule has 7 heteroatoms. The van der Waals surface area contributed by atoms with Crippen LogP contribution in [0, 0.1) is 0 Å². The van der Waals surface area contributed by atoms with Gasteiger partial charge in [0.05, 0.1) is 10.5 Å². The monoisotopic (exact) mass is 323 g/mol. The SMILES string of the molecule is O=C(OCCNc1ccccc1)c1cccc(S(=O)(=O)F)c1. The first-order valence-electron chi connectivity index (χ1n) is 6.47. The lowest BCUT2D eigenvalue weighted by Crippen LogP contribution is -2.14. The Morgan fingerprint density at radius 2 is 1.82 bits per heavy atom. The normalized spacial score (nSPS) is 11.0. The average Bonchev–Trinajstić information content (AvgIpc) is 2.52. The van der Waals surface area contributed by atoms with Crippen LogP contribution in [0.15, 0.2) is 59.5 Å². The summed E-state index contributed by atoms with van der Waals surface area (Å²) in [5, 5.41) is 3.05. The largest absolute Gasteiger partial charge is 0.460 e. The number of ether oxygens (including phenoxy) is 1. The maximum absolute atomic E-state index is 12.9. The molecule has 0 amide bonds. The summed E-state index contributed by atoms with van der Waals surface area (Å²) >= 11 is 0. The minimum absolute atomic E-state index is 0.0153. The molecule has 0 radical (unpaired) electrons. The van der Waals surface area contributed by atoms with Gasteiger partial charge in [0.1, 0.15) is 6.61 Å². The van der Waals surface area contributed by atoms with E-state index in [0.29, 0.717) is 6.54 Å². The van der Waals surface area contributed by atoms with E-state index in [9.17, 15) is 17.1 Å². The Labute approximate surface area is 127 Å². The number of hydrogen-bond acceptors (Lipinski definition) is 5. The van der Waals surface area contributed by atoms with Gasteiger partial charge in [0.25, 0.3) is 0 Å². The second-order valence-electron chi connectivity index (χ2n) is 4.39. The summed E-state index contributed by atoms with van der Waals surface area (Å²) in [5.74, 6) is -0.708. The molecule has 0 spiro atoms. The van der Waals surface area contributed by atoms with Crippen molar-refractivity contribution in [3.05, 3.63) is 60.2 Å². The number of nitrogens with one attached hydrogen (secondary N) is 1. The molecule has 0 unspecified atom stereocenters. The van der Waals surface area contributed by atoms with Crippen LogP contribution in [0.1, 0.15) is 10.4 Å². The van der Waals surface area contributed by atoms with Gasteiger partial charge in [0.15, 0.2) is 0 Å². The number of carbonyl (C=O) groups is 1. The highest BCUT2D eigenvalue weighted by molar-refractivity contribution is 7.86. The van der Waals surface area contributed by atoms with Crippen molar-refractivity contribution in [1.82, 2.24) is 0 Å². The van der Waals surface area contributed by atoms with Crippen LogP contribution in [-0.2, 0) is 15.0 Å². The molecule has 1 N–H and O–H groups in total. The molecule has 0 bridgehead atoms. The van der Waals surface area contributed by atoms with Crippen molar-refractivity contribution in [1.29, 1.82) is 0 Å². The van der Waals surface area contributed by atoms with E-state index in [1.54, 1.807) is 0 Å². The molecule has 5 nitrogen and oxygen atoms in total. The molecule has 0 fully saturated rings. The topological polar surface area (TPSA) is 72.5 Å². The zero-order valence-corrected chi connectivity index (χ0v) is 12.3. The zero-order chi connectivity index (χ0) is 16.0. The van der Waals surface area contributed by atoms with E-state index < -0.39 is 21.1 Å². The molecule has 0 aromatic heterocycles. The van der Waals surface area contributed by atoms with Gasteiger partial charge in [-0.15, -0.1) is 3.89 Å². The molecule has 2 rings (SSSR count). The van der Waals surface area contributed by atoms with Crippen LogP contribution in [0.25, 0.3) is 0 Å². The molecular formula is C15H14FNO4S. The highest BCUT2D eigenvalue weighted by Gasteiger charge is 2.15. The van der Waals surface area contributed by atoms with Crippen molar-refractivity contribution in [3.8, 4) is 0 Å². The number of esters is 1. The number of carbonyl (C=O) groups excluding carboxylic acids is 1. The van der Waals surface area contributed by atoms with Crippen LogP contribution in [0.2, 0.25) is 0 Å². The van der Waals surface area contributed by atoms with Gasteiger partial charge in [-0.05, 0) is 30.3 Å².